The summed E-state index contributed by atoms with van der Waals surface area (Å²) in [5.41, 5.74) is 3.86. The van der Waals surface area contributed by atoms with Crippen LogP contribution in [0.5, 0.6) is 0 Å². The van der Waals surface area contributed by atoms with Crippen molar-refractivity contribution in [1.82, 2.24) is 0 Å². The molecule has 3 rings (SSSR count). The molecule has 0 aromatic heterocycles. The summed E-state index contributed by atoms with van der Waals surface area (Å²) >= 11 is 0. The van der Waals surface area contributed by atoms with Crippen LogP contribution in [0, 0.1) is 18.3 Å². The summed E-state index contributed by atoms with van der Waals surface area (Å²) in [6.07, 6.45) is 0. The van der Waals surface area contributed by atoms with E-state index in [1.54, 1.807) is 23.1 Å². The highest BCUT2D eigenvalue weighted by atomic mass is 16.2. The van der Waals surface area contributed by atoms with Gasteiger partial charge in [0.05, 0.1) is 11.3 Å². The molecule has 3 N–H and O–H groups in total. The van der Waals surface area contributed by atoms with Gasteiger partial charge in [-0.15, -0.1) is 0 Å². The van der Waals surface area contributed by atoms with Crippen molar-refractivity contribution in [3.63, 3.8) is 0 Å². The smallest absolute Gasteiger partial charge is 0.282 e. The number of carbonyl (C=O) groups is 1. The molecule has 0 spiro atoms. The zero-order valence-corrected chi connectivity index (χ0v) is 16.1. The second-order valence-corrected chi connectivity index (χ2v) is 7.38. The largest absolute Gasteiger partial charge is 0.322 e. The van der Waals surface area contributed by atoms with Crippen LogP contribution in [0.2, 0.25) is 0 Å². The molecule has 0 aliphatic carbocycles. The number of rotatable bonds is 5. The minimum Gasteiger partial charge on any atom is -0.322 e. The molecule has 2 aromatic carbocycles. The molecule has 0 unspecified atom stereocenters. The first kappa shape index (κ1) is 19.1. The van der Waals surface area contributed by atoms with Crippen molar-refractivity contribution in [2.45, 2.75) is 26.4 Å². The number of nitriles is 1. The van der Waals surface area contributed by atoms with Crippen molar-refractivity contribution in [1.29, 1.82) is 5.26 Å². The summed E-state index contributed by atoms with van der Waals surface area (Å²) in [5.74, 6) is -0.0185. The van der Waals surface area contributed by atoms with Crippen molar-refractivity contribution in [3.05, 3.63) is 65.2 Å². The number of hydrogen-bond donors (Lipinski definition) is 3. The molecule has 1 fully saturated rings. The third kappa shape index (κ3) is 4.73. The van der Waals surface area contributed by atoms with Crippen molar-refractivity contribution in [3.8, 4) is 6.07 Å². The Morgan fingerprint density at radius 3 is 2.48 bits per heavy atom. The highest BCUT2D eigenvalue weighted by Gasteiger charge is 2.31. The van der Waals surface area contributed by atoms with Crippen LogP contribution in [0.25, 0.3) is 0 Å². The molecule has 0 bridgehead atoms. The number of anilines is 1. The highest BCUT2D eigenvalue weighted by Crippen LogP contribution is 2.13. The Labute approximate surface area is 161 Å². The number of hydrogen-bond acceptors (Lipinski definition) is 2. The number of nitrogens with zero attached hydrogens (tertiary/aromatic N) is 1. The minimum atomic E-state index is -0.128. The second kappa shape index (κ2) is 8.81. The van der Waals surface area contributed by atoms with Gasteiger partial charge in [-0.05, 0) is 31.5 Å². The second-order valence-electron chi connectivity index (χ2n) is 7.38. The first-order chi connectivity index (χ1) is 13.1. The van der Waals surface area contributed by atoms with Crippen LogP contribution in [-0.4, -0.2) is 38.1 Å². The predicted molar refractivity (Wildman–Crippen MR) is 106 cm³/mol. The van der Waals surface area contributed by atoms with Gasteiger partial charge in [0.1, 0.15) is 38.8 Å². The maximum atomic E-state index is 12.6. The van der Waals surface area contributed by atoms with Gasteiger partial charge in [-0.1, -0.05) is 36.4 Å². The van der Waals surface area contributed by atoms with Crippen LogP contribution >= 0.6 is 0 Å². The number of carbonyl (C=O) groups excluding carboxylic acids is 1. The molecule has 1 aliphatic rings. The summed E-state index contributed by atoms with van der Waals surface area (Å²) in [7, 11) is 0. The van der Waals surface area contributed by atoms with E-state index in [4.69, 9.17) is 0 Å². The van der Waals surface area contributed by atoms with E-state index in [-0.39, 0.29) is 11.9 Å². The fourth-order valence-corrected chi connectivity index (χ4v) is 3.73. The van der Waals surface area contributed by atoms with E-state index in [0.717, 1.165) is 32.7 Å². The molecule has 5 heteroatoms. The molecule has 1 atom stereocenters. The summed E-state index contributed by atoms with van der Waals surface area (Å²) in [6.45, 7) is 9.29. The average molecular weight is 364 g/mol. The summed E-state index contributed by atoms with van der Waals surface area (Å²) in [6, 6.07) is 17.7. The lowest BCUT2D eigenvalue weighted by atomic mass is 10.1. The molecule has 1 heterocycles. The number of piperazine rings is 1. The van der Waals surface area contributed by atoms with Gasteiger partial charge < -0.3 is 15.1 Å². The van der Waals surface area contributed by atoms with Crippen LogP contribution in [-0.2, 0) is 11.3 Å². The lowest BCUT2D eigenvalue weighted by Crippen LogP contribution is -3.29. The summed E-state index contributed by atoms with van der Waals surface area (Å²) < 4.78 is 0. The molecule has 27 heavy (non-hydrogen) atoms. The number of quaternary nitrogens is 2. The van der Waals surface area contributed by atoms with Crippen LogP contribution < -0.4 is 15.1 Å². The maximum Gasteiger partial charge on any atom is 0.282 e. The van der Waals surface area contributed by atoms with Gasteiger partial charge in [0.2, 0.25) is 0 Å². The van der Waals surface area contributed by atoms with E-state index < -0.39 is 0 Å². The molecule has 1 saturated heterocycles. The number of nitrogens with one attached hydrogen (secondary N) is 3. The van der Waals surface area contributed by atoms with Gasteiger partial charge in [-0.2, -0.15) is 5.26 Å². The Balaban J connectivity index is 1.53. The Morgan fingerprint density at radius 2 is 1.78 bits per heavy atom. The first-order valence-corrected chi connectivity index (χ1v) is 9.61. The van der Waals surface area contributed by atoms with Gasteiger partial charge in [-0.25, -0.2) is 0 Å². The third-order valence-corrected chi connectivity index (χ3v) is 5.61. The molecule has 1 amide bonds. The molecular formula is C22H28N4O+2. The summed E-state index contributed by atoms with van der Waals surface area (Å²) in [5, 5.41) is 12.1. The maximum absolute atomic E-state index is 12.6. The van der Waals surface area contributed by atoms with Crippen LogP contribution in [0.1, 0.15) is 23.6 Å². The van der Waals surface area contributed by atoms with Crippen molar-refractivity contribution in [2.75, 3.05) is 31.5 Å². The highest BCUT2D eigenvalue weighted by molar-refractivity contribution is 5.94. The molecule has 0 radical (unpaired) electrons. The molecule has 2 aromatic rings. The van der Waals surface area contributed by atoms with Gasteiger partial charge in [-0.3, -0.25) is 4.79 Å². The topological polar surface area (TPSA) is 61.8 Å². The van der Waals surface area contributed by atoms with Gasteiger partial charge in [0.15, 0.2) is 6.04 Å². The third-order valence-electron chi connectivity index (χ3n) is 5.61. The zero-order valence-electron chi connectivity index (χ0n) is 16.1. The number of amides is 1. The van der Waals surface area contributed by atoms with Gasteiger partial charge in [0.25, 0.3) is 5.91 Å². The summed E-state index contributed by atoms with van der Waals surface area (Å²) in [4.78, 5) is 15.5. The van der Waals surface area contributed by atoms with Crippen LogP contribution in [0.3, 0.4) is 0 Å². The van der Waals surface area contributed by atoms with E-state index in [1.807, 2.05) is 13.0 Å². The van der Waals surface area contributed by atoms with Gasteiger partial charge in [0, 0.05) is 5.56 Å². The zero-order chi connectivity index (χ0) is 19.2. The average Bonchev–Trinajstić information content (AvgIpc) is 2.70. The number of para-hydroxylation sites is 1. The van der Waals surface area contributed by atoms with Crippen molar-refractivity contribution >= 4 is 11.6 Å². The minimum absolute atomic E-state index is 0.0185. The van der Waals surface area contributed by atoms with Gasteiger partial charge >= 0.3 is 0 Å². The Morgan fingerprint density at radius 1 is 1.11 bits per heavy atom. The molecule has 1 aliphatic heterocycles. The number of aryl methyl sites for hydroxylation is 1. The molecule has 5 nitrogen and oxygen atoms in total. The normalized spacial score (nSPS) is 20.5. The quantitative estimate of drug-likeness (QED) is 0.709. The van der Waals surface area contributed by atoms with E-state index in [0.29, 0.717) is 11.3 Å². The van der Waals surface area contributed by atoms with Crippen molar-refractivity contribution < 1.29 is 14.6 Å². The van der Waals surface area contributed by atoms with Crippen molar-refractivity contribution in [2.24, 2.45) is 0 Å². The Kier molecular flexibility index (Phi) is 6.23. The number of benzene rings is 2. The monoisotopic (exact) mass is 364 g/mol. The molecule has 0 saturated carbocycles. The fraction of sp³-hybridized carbons (Fsp3) is 0.364. The standard InChI is InChI=1S/C22H26N4O/c1-17-7-3-4-9-20(17)16-25-11-13-26(14-12-25)18(2)22(27)24-21-10-6-5-8-19(21)15-23/h3-10,18H,11-14,16H2,1-2H3,(H,24,27)/p+2/t18-/m1/s1. The lowest BCUT2D eigenvalue weighted by molar-refractivity contribution is -1.02. The molecule has 140 valence electrons. The van der Waals surface area contributed by atoms with E-state index in [9.17, 15) is 10.1 Å². The van der Waals surface area contributed by atoms with E-state index >= 15 is 0 Å². The van der Waals surface area contributed by atoms with Crippen LogP contribution in [0.15, 0.2) is 48.5 Å². The van der Waals surface area contributed by atoms with E-state index in [1.165, 1.54) is 16.0 Å². The SMILES string of the molecule is Cc1ccccc1C[NH+]1CC[NH+]([C@H](C)C(=O)Nc2ccccc2C#N)CC1. The Bertz CT molecular complexity index is 834. The predicted octanol–water partition coefficient (Wildman–Crippen LogP) is 0.177. The fourth-order valence-electron chi connectivity index (χ4n) is 3.73. The molecular weight excluding hydrogens is 336 g/mol. The first-order valence-electron chi connectivity index (χ1n) is 9.61. The van der Waals surface area contributed by atoms with Crippen LogP contribution in [0.4, 0.5) is 5.69 Å². The lowest BCUT2D eigenvalue weighted by Gasteiger charge is -2.32. The Hall–Kier alpha value is -2.68. The van der Waals surface area contributed by atoms with E-state index in [2.05, 4.69) is 42.6 Å².